The summed E-state index contributed by atoms with van der Waals surface area (Å²) in [5, 5.41) is 14.2. The van der Waals surface area contributed by atoms with Crippen molar-refractivity contribution in [2.45, 2.75) is 51.0 Å². The summed E-state index contributed by atoms with van der Waals surface area (Å²) in [6.45, 7) is 3.88. The summed E-state index contributed by atoms with van der Waals surface area (Å²) in [4.78, 5) is 43.3. The number of nitrogens with zero attached hydrogens (tertiary/aromatic N) is 1. The lowest BCUT2D eigenvalue weighted by atomic mass is 9.86. The second-order valence-corrected chi connectivity index (χ2v) is 10.1. The molecule has 1 aliphatic heterocycles. The molecule has 4 N–H and O–H groups in total. The van der Waals surface area contributed by atoms with Gasteiger partial charge in [-0.05, 0) is 54.8 Å². The molecule has 1 saturated heterocycles. The molecule has 0 saturated carbocycles. The van der Waals surface area contributed by atoms with E-state index in [0.29, 0.717) is 43.6 Å². The maximum absolute atomic E-state index is 13.3. The van der Waals surface area contributed by atoms with E-state index in [1.165, 1.54) is 6.20 Å². The zero-order chi connectivity index (χ0) is 28.2. The summed E-state index contributed by atoms with van der Waals surface area (Å²) < 4.78 is 0. The third-order valence-electron chi connectivity index (χ3n) is 7.10. The van der Waals surface area contributed by atoms with E-state index in [1.54, 1.807) is 12.3 Å². The molecular formula is C32H37N5O3. The van der Waals surface area contributed by atoms with E-state index in [2.05, 4.69) is 45.0 Å². The van der Waals surface area contributed by atoms with Crippen molar-refractivity contribution in [1.29, 1.82) is 0 Å². The average Bonchev–Trinajstić information content (AvgIpc) is 2.98. The van der Waals surface area contributed by atoms with E-state index in [-0.39, 0.29) is 30.7 Å². The molecule has 0 unspecified atom stereocenters. The van der Waals surface area contributed by atoms with Crippen LogP contribution in [-0.4, -0.2) is 54.4 Å². The van der Waals surface area contributed by atoms with Crippen molar-refractivity contribution in [2.24, 2.45) is 0 Å². The molecule has 8 nitrogen and oxygen atoms in total. The van der Waals surface area contributed by atoms with Crippen LogP contribution >= 0.6 is 0 Å². The first-order valence-corrected chi connectivity index (χ1v) is 14.0. The zero-order valence-electron chi connectivity index (χ0n) is 23.0. The second-order valence-electron chi connectivity index (χ2n) is 10.1. The number of benzene rings is 2. The molecule has 3 aromatic rings. The summed E-state index contributed by atoms with van der Waals surface area (Å²) in [6.07, 6.45) is 7.21. The SMILES string of the molecule is CCCCC#Cc1cncc(C(=O)NC2(C(=O)NCCNC(=O)Cc3cccc4ccccc34)CCNCC2)c1. The van der Waals surface area contributed by atoms with Gasteiger partial charge >= 0.3 is 0 Å². The van der Waals surface area contributed by atoms with Crippen LogP contribution in [0.2, 0.25) is 0 Å². The Labute approximate surface area is 235 Å². The van der Waals surface area contributed by atoms with Crippen LogP contribution in [0.3, 0.4) is 0 Å². The van der Waals surface area contributed by atoms with E-state index < -0.39 is 5.54 Å². The normalized spacial score (nSPS) is 14.0. The highest BCUT2D eigenvalue weighted by molar-refractivity contribution is 5.99. The van der Waals surface area contributed by atoms with Gasteiger partial charge in [0.2, 0.25) is 11.8 Å². The Morgan fingerprint density at radius 3 is 2.60 bits per heavy atom. The highest BCUT2D eigenvalue weighted by Gasteiger charge is 2.41. The van der Waals surface area contributed by atoms with Gasteiger partial charge in [-0.15, -0.1) is 0 Å². The molecule has 0 radical (unpaired) electrons. The van der Waals surface area contributed by atoms with Crippen molar-refractivity contribution in [3.8, 4) is 11.8 Å². The number of nitrogens with one attached hydrogen (secondary N) is 4. The molecule has 2 aromatic carbocycles. The van der Waals surface area contributed by atoms with Gasteiger partial charge in [0.05, 0.1) is 12.0 Å². The van der Waals surface area contributed by atoms with Gasteiger partial charge in [0, 0.05) is 37.5 Å². The van der Waals surface area contributed by atoms with E-state index in [9.17, 15) is 14.4 Å². The van der Waals surface area contributed by atoms with Crippen LogP contribution in [-0.2, 0) is 16.0 Å². The van der Waals surface area contributed by atoms with E-state index in [0.717, 1.165) is 35.6 Å². The predicted octanol–water partition coefficient (Wildman–Crippen LogP) is 3.10. The molecule has 3 amide bonds. The first-order chi connectivity index (χ1) is 19.5. The molecule has 1 aliphatic rings. The van der Waals surface area contributed by atoms with Gasteiger partial charge in [0.1, 0.15) is 5.54 Å². The maximum atomic E-state index is 13.3. The van der Waals surface area contributed by atoms with Gasteiger partial charge in [-0.2, -0.15) is 0 Å². The lowest BCUT2D eigenvalue weighted by Crippen LogP contribution is -2.63. The van der Waals surface area contributed by atoms with Crippen molar-refractivity contribution in [3.05, 3.63) is 77.6 Å². The number of carbonyl (C=O) groups is 3. The topological polar surface area (TPSA) is 112 Å². The quantitative estimate of drug-likeness (QED) is 0.234. The van der Waals surface area contributed by atoms with Crippen LogP contribution in [0.15, 0.2) is 60.9 Å². The van der Waals surface area contributed by atoms with Gasteiger partial charge < -0.3 is 21.3 Å². The molecule has 0 bridgehead atoms. The summed E-state index contributed by atoms with van der Waals surface area (Å²) in [5.74, 6) is 5.45. The number of pyridine rings is 1. The van der Waals surface area contributed by atoms with E-state index in [1.807, 2.05) is 42.5 Å². The van der Waals surface area contributed by atoms with Crippen LogP contribution in [0.5, 0.6) is 0 Å². The zero-order valence-corrected chi connectivity index (χ0v) is 23.0. The lowest BCUT2D eigenvalue weighted by Gasteiger charge is -2.37. The predicted molar refractivity (Wildman–Crippen MR) is 157 cm³/mol. The van der Waals surface area contributed by atoms with Gasteiger partial charge in [0.15, 0.2) is 0 Å². The highest BCUT2D eigenvalue weighted by atomic mass is 16.2. The molecule has 40 heavy (non-hydrogen) atoms. The van der Waals surface area contributed by atoms with Crippen LogP contribution in [0.25, 0.3) is 10.8 Å². The van der Waals surface area contributed by atoms with Crippen LogP contribution < -0.4 is 21.3 Å². The third-order valence-corrected chi connectivity index (χ3v) is 7.10. The maximum Gasteiger partial charge on any atom is 0.253 e. The standard InChI is InChI=1S/C32H37N5O3/c1-2-3-4-5-9-24-20-27(23-34-22-24)30(39)37-32(14-16-33-17-15-32)31(40)36-19-18-35-29(38)21-26-12-8-11-25-10-6-7-13-28(25)26/h6-8,10-13,20,22-23,33H,2-4,14-19,21H2,1H3,(H,35,38)(H,36,40)(H,37,39). The lowest BCUT2D eigenvalue weighted by molar-refractivity contribution is -0.128. The fraction of sp³-hybridized carbons (Fsp3) is 0.375. The molecule has 208 valence electrons. The summed E-state index contributed by atoms with van der Waals surface area (Å²) >= 11 is 0. The fourth-order valence-electron chi connectivity index (χ4n) is 4.84. The van der Waals surface area contributed by atoms with Crippen molar-refractivity contribution in [1.82, 2.24) is 26.3 Å². The first-order valence-electron chi connectivity index (χ1n) is 14.0. The number of aromatic nitrogens is 1. The van der Waals surface area contributed by atoms with E-state index >= 15 is 0 Å². The molecule has 0 aliphatic carbocycles. The number of amides is 3. The number of piperidine rings is 1. The van der Waals surface area contributed by atoms with Gasteiger partial charge in [-0.1, -0.05) is 67.6 Å². The van der Waals surface area contributed by atoms with Crippen LogP contribution in [0, 0.1) is 11.8 Å². The van der Waals surface area contributed by atoms with Crippen molar-refractivity contribution in [2.75, 3.05) is 26.2 Å². The summed E-state index contributed by atoms with van der Waals surface area (Å²) in [6, 6.07) is 15.6. The van der Waals surface area contributed by atoms with Gasteiger partial charge in [-0.3, -0.25) is 19.4 Å². The molecule has 0 spiro atoms. The van der Waals surface area contributed by atoms with Gasteiger partial charge in [-0.25, -0.2) is 0 Å². The Bertz CT molecular complexity index is 1400. The smallest absolute Gasteiger partial charge is 0.253 e. The van der Waals surface area contributed by atoms with Crippen molar-refractivity contribution < 1.29 is 14.4 Å². The monoisotopic (exact) mass is 539 g/mol. The first kappa shape index (κ1) is 28.8. The van der Waals surface area contributed by atoms with Crippen LogP contribution in [0.4, 0.5) is 0 Å². The molecule has 4 rings (SSSR count). The summed E-state index contributed by atoms with van der Waals surface area (Å²) in [7, 11) is 0. The number of carbonyl (C=O) groups excluding carboxylic acids is 3. The van der Waals surface area contributed by atoms with E-state index in [4.69, 9.17) is 0 Å². The number of rotatable bonds is 10. The molecule has 0 atom stereocenters. The highest BCUT2D eigenvalue weighted by Crippen LogP contribution is 2.20. The van der Waals surface area contributed by atoms with Crippen molar-refractivity contribution in [3.63, 3.8) is 0 Å². The number of fused-ring (bicyclic) bond motifs is 1. The minimum absolute atomic E-state index is 0.111. The number of hydrogen-bond acceptors (Lipinski definition) is 5. The van der Waals surface area contributed by atoms with Crippen LogP contribution in [0.1, 0.15) is 60.5 Å². The molecule has 1 fully saturated rings. The Morgan fingerprint density at radius 1 is 1.00 bits per heavy atom. The second kappa shape index (κ2) is 14.2. The molecule has 8 heteroatoms. The van der Waals surface area contributed by atoms with Gasteiger partial charge in [0.25, 0.3) is 5.91 Å². The Balaban J connectivity index is 1.31. The Morgan fingerprint density at radius 2 is 1.77 bits per heavy atom. The fourth-order valence-corrected chi connectivity index (χ4v) is 4.84. The minimum atomic E-state index is -1.04. The summed E-state index contributed by atoms with van der Waals surface area (Å²) in [5.41, 5.74) is 0.958. The largest absolute Gasteiger partial charge is 0.354 e. The molecule has 1 aromatic heterocycles. The molecule has 2 heterocycles. The minimum Gasteiger partial charge on any atom is -0.354 e. The van der Waals surface area contributed by atoms with Crippen molar-refractivity contribution >= 4 is 28.5 Å². The average molecular weight is 540 g/mol. The third kappa shape index (κ3) is 7.67. The number of unbranched alkanes of at least 4 members (excludes halogenated alkanes) is 2. The number of hydrogen-bond donors (Lipinski definition) is 4. The molecular weight excluding hydrogens is 502 g/mol. The Hall–Kier alpha value is -4.22. The Kier molecular flexibility index (Phi) is 10.3.